The van der Waals surface area contributed by atoms with Gasteiger partial charge >= 0.3 is 12.1 Å². The van der Waals surface area contributed by atoms with Crippen LogP contribution in [0.1, 0.15) is 139 Å². The van der Waals surface area contributed by atoms with Crippen molar-refractivity contribution in [2.45, 2.75) is 151 Å². The topological polar surface area (TPSA) is 295 Å². The number of primary amides is 2. The summed E-state index contributed by atoms with van der Waals surface area (Å²) in [7, 11) is 0. The van der Waals surface area contributed by atoms with Crippen LogP contribution in [0.4, 0.5) is 9.59 Å². The number of nitrogens with two attached hydrogens (primary N) is 2. The van der Waals surface area contributed by atoms with Crippen LogP contribution >= 0.6 is 38.5 Å². The number of hydrogen-bond acceptors (Lipinski definition) is 10. The number of unbranched alkanes of at least 4 members (excludes halogenated alkanes) is 3. The Bertz CT molecular complexity index is 1510. The lowest BCUT2D eigenvalue weighted by molar-refractivity contribution is -0.133. The number of carbonyl (C=O) groups excluding carboxylic acids is 10. The van der Waals surface area contributed by atoms with E-state index in [1.807, 2.05) is 50.3 Å². The number of ketones is 4. The second-order valence-corrected chi connectivity index (χ2v) is 18.9. The SMILES string of the molecule is CC(C)C(=O)[C@H](CCCNC(N)=O)CC(=O)[C@@H](NC(=O)CCCCCNC(=O)CBr)C(C)C.CC(C)C(=O)[C@H](CCCNC(N)=O)CC(=O)[C@@H](NC(=O)CCCCNC(=O)CI)C(C)C. The molecule has 0 radical (unpaired) electrons. The summed E-state index contributed by atoms with van der Waals surface area (Å²) in [5, 5.41) is 16.4. The number of halogens is 2. The molecule has 0 aromatic heterocycles. The predicted octanol–water partition coefficient (Wildman–Crippen LogP) is 4.55. The van der Waals surface area contributed by atoms with Crippen LogP contribution in [-0.4, -0.2) is 107 Å². The van der Waals surface area contributed by atoms with Gasteiger partial charge in [0, 0.05) is 75.5 Å². The van der Waals surface area contributed by atoms with Crippen molar-refractivity contribution in [3.63, 3.8) is 0 Å². The first-order chi connectivity index (χ1) is 30.5. The molecule has 4 atom stereocenters. The van der Waals surface area contributed by atoms with E-state index in [1.165, 1.54) is 0 Å². The Labute approximate surface area is 409 Å². The predicted molar refractivity (Wildman–Crippen MR) is 264 cm³/mol. The van der Waals surface area contributed by atoms with Crippen LogP contribution in [0.5, 0.6) is 0 Å². The lowest BCUT2D eigenvalue weighted by Gasteiger charge is -2.24. The molecule has 0 saturated carbocycles. The summed E-state index contributed by atoms with van der Waals surface area (Å²) < 4.78 is 0.401. The van der Waals surface area contributed by atoms with Gasteiger partial charge in [0.15, 0.2) is 11.6 Å². The lowest BCUT2D eigenvalue weighted by atomic mass is 9.84. The molecule has 10 N–H and O–H groups in total. The average Bonchev–Trinajstić information content (AvgIpc) is 3.23. The Morgan fingerprint density at radius 3 is 1.17 bits per heavy atom. The van der Waals surface area contributed by atoms with E-state index in [2.05, 4.69) is 47.8 Å². The van der Waals surface area contributed by atoms with E-state index >= 15 is 0 Å². The van der Waals surface area contributed by atoms with E-state index in [1.54, 1.807) is 27.7 Å². The smallest absolute Gasteiger partial charge is 0.312 e. The molecule has 8 amide bonds. The summed E-state index contributed by atoms with van der Waals surface area (Å²) in [6, 6.07) is -2.55. The summed E-state index contributed by atoms with van der Waals surface area (Å²) in [6.07, 6.45) is 6.20. The van der Waals surface area contributed by atoms with Gasteiger partial charge in [-0.15, -0.1) is 0 Å². The fourth-order valence-corrected chi connectivity index (χ4v) is 7.24. The minimum atomic E-state index is -0.660. The molecule has 18 nitrogen and oxygen atoms in total. The third-order valence-electron chi connectivity index (χ3n) is 10.4. The molecule has 20 heteroatoms. The monoisotopic (exact) mass is 1100 g/mol. The average molecular weight is 1100 g/mol. The first-order valence-corrected chi connectivity index (χ1v) is 25.6. The zero-order valence-electron chi connectivity index (χ0n) is 40.0. The van der Waals surface area contributed by atoms with Crippen LogP contribution in [0.15, 0.2) is 0 Å². The van der Waals surface area contributed by atoms with Gasteiger partial charge in [-0.1, -0.05) is 100 Å². The third-order valence-corrected chi connectivity index (χ3v) is 11.6. The number of alkyl halides is 2. The van der Waals surface area contributed by atoms with Gasteiger partial charge in [-0.2, -0.15) is 0 Å². The Hall–Kier alpha value is -3.69. The van der Waals surface area contributed by atoms with Crippen LogP contribution < -0.4 is 43.4 Å². The van der Waals surface area contributed by atoms with Gasteiger partial charge in [-0.25, -0.2) is 9.59 Å². The van der Waals surface area contributed by atoms with Crippen molar-refractivity contribution in [3.05, 3.63) is 0 Å². The number of nitrogens with one attached hydrogen (secondary N) is 6. The second kappa shape index (κ2) is 37.4. The van der Waals surface area contributed by atoms with Gasteiger partial charge in [0.05, 0.1) is 21.8 Å². The Morgan fingerprint density at radius 2 is 0.831 bits per heavy atom. The van der Waals surface area contributed by atoms with Gasteiger partial charge in [0.2, 0.25) is 23.6 Å². The zero-order valence-corrected chi connectivity index (χ0v) is 43.8. The van der Waals surface area contributed by atoms with Crippen molar-refractivity contribution in [3.8, 4) is 0 Å². The van der Waals surface area contributed by atoms with Crippen LogP contribution in [-0.2, 0) is 38.4 Å². The largest absolute Gasteiger partial charge is 0.355 e. The van der Waals surface area contributed by atoms with Crippen molar-refractivity contribution >= 4 is 97.3 Å². The van der Waals surface area contributed by atoms with Crippen LogP contribution in [0.25, 0.3) is 0 Å². The highest BCUT2D eigenvalue weighted by molar-refractivity contribution is 14.1. The number of rotatable bonds is 35. The van der Waals surface area contributed by atoms with E-state index < -0.39 is 36.0 Å². The van der Waals surface area contributed by atoms with Crippen molar-refractivity contribution < 1.29 is 47.9 Å². The van der Waals surface area contributed by atoms with Gasteiger partial charge < -0.3 is 43.4 Å². The quantitative estimate of drug-likeness (QED) is 0.0249. The molecule has 0 bridgehead atoms. The number of Topliss-reactive ketones (excluding diaryl/α,β-unsaturated/α-hetero) is 4. The fraction of sp³-hybridized carbons (Fsp3) is 0.778. The molecule has 65 heavy (non-hydrogen) atoms. The molecule has 0 unspecified atom stereocenters. The van der Waals surface area contributed by atoms with Crippen molar-refractivity contribution in [1.82, 2.24) is 31.9 Å². The van der Waals surface area contributed by atoms with Crippen molar-refractivity contribution in [2.24, 2.45) is 47.0 Å². The van der Waals surface area contributed by atoms with Crippen molar-refractivity contribution in [2.75, 3.05) is 35.9 Å². The number of urea groups is 2. The molecular weight excluding hydrogens is 1020 g/mol. The van der Waals surface area contributed by atoms with Gasteiger partial charge in [-0.05, 0) is 63.2 Å². The molecule has 0 aliphatic heterocycles. The molecule has 0 aliphatic carbocycles. The van der Waals surface area contributed by atoms with E-state index in [4.69, 9.17) is 11.5 Å². The molecule has 0 aliphatic rings. The Balaban J connectivity index is 0. The van der Waals surface area contributed by atoms with Crippen LogP contribution in [0, 0.1) is 35.5 Å². The normalized spacial score (nSPS) is 12.8. The highest BCUT2D eigenvalue weighted by Gasteiger charge is 2.31. The number of carbonyl (C=O) groups is 10. The first kappa shape index (κ1) is 63.4. The maximum atomic E-state index is 13.0. The maximum Gasteiger partial charge on any atom is 0.312 e. The minimum absolute atomic E-state index is 0.000178. The molecule has 0 saturated heterocycles. The van der Waals surface area contributed by atoms with Gasteiger partial charge in [-0.3, -0.25) is 38.4 Å². The molecule has 0 aromatic carbocycles. The van der Waals surface area contributed by atoms with E-state index in [0.29, 0.717) is 82.0 Å². The van der Waals surface area contributed by atoms with Gasteiger partial charge in [0.25, 0.3) is 0 Å². The maximum absolute atomic E-state index is 13.0. The summed E-state index contributed by atoms with van der Waals surface area (Å²) in [5.41, 5.74) is 10.1. The first-order valence-electron chi connectivity index (χ1n) is 22.9. The summed E-state index contributed by atoms with van der Waals surface area (Å²) >= 11 is 5.07. The van der Waals surface area contributed by atoms with Gasteiger partial charge in [0.1, 0.15) is 11.6 Å². The molecule has 0 fully saturated rings. The molecule has 374 valence electrons. The lowest BCUT2D eigenvalue weighted by Crippen LogP contribution is -2.45. The highest BCUT2D eigenvalue weighted by Crippen LogP contribution is 2.22. The van der Waals surface area contributed by atoms with E-state index in [-0.39, 0.29) is 95.0 Å². The van der Waals surface area contributed by atoms with Crippen molar-refractivity contribution in [1.29, 1.82) is 0 Å². The number of amides is 8. The van der Waals surface area contributed by atoms with Crippen LogP contribution in [0.3, 0.4) is 0 Å². The summed E-state index contributed by atoms with van der Waals surface area (Å²) in [4.78, 5) is 120. The molecule has 0 heterocycles. The molecular formula is C45H80BrIN8O10. The molecule has 0 aromatic rings. The Morgan fingerprint density at radius 1 is 0.477 bits per heavy atom. The minimum Gasteiger partial charge on any atom is -0.355 e. The standard InChI is InChI=1S/C23H41BrN4O5.C22H39IN4O5/c1-15(2)21(28-19(30)10-6-5-7-11-26-20(31)14-24)18(29)13-17(22(32)16(3)4)9-8-12-27-23(25)33;1-14(2)20(27-18(29)9-5-6-10-25-19(30)13-23)17(28)12-16(21(31)15(3)4)8-7-11-26-22(24)32/h15-17,21H,5-14H2,1-4H3,(H,26,31)(H,28,30)(H3,25,27,33);14-16,20H,5-13H2,1-4H3,(H,25,30)(H,27,29)(H3,24,26,32)/t17-,21+;16-,20+/m11/s1. The van der Waals surface area contributed by atoms with E-state index in [0.717, 1.165) is 12.8 Å². The highest BCUT2D eigenvalue weighted by atomic mass is 127. The Kier molecular flexibility index (Phi) is 36.5. The summed E-state index contributed by atoms with van der Waals surface area (Å²) in [5.74, 6) is -2.37. The third kappa shape index (κ3) is 32.6. The fourth-order valence-electron chi connectivity index (χ4n) is 6.77. The van der Waals surface area contributed by atoms with E-state index in [9.17, 15) is 47.9 Å². The zero-order chi connectivity index (χ0) is 50.1. The second-order valence-electron chi connectivity index (χ2n) is 17.5. The van der Waals surface area contributed by atoms with Crippen LogP contribution in [0.2, 0.25) is 0 Å². The molecule has 0 spiro atoms. The summed E-state index contributed by atoms with van der Waals surface area (Å²) in [6.45, 7) is 16.4. The molecule has 0 rings (SSSR count). The number of hydrogen-bond donors (Lipinski definition) is 8.